The van der Waals surface area contributed by atoms with E-state index in [2.05, 4.69) is 20.8 Å². The monoisotopic (exact) mass is 285 g/mol. The third kappa shape index (κ3) is 10.7. The minimum atomic E-state index is 0.203. The van der Waals surface area contributed by atoms with Crippen molar-refractivity contribution in [3.63, 3.8) is 0 Å². The molecule has 0 heterocycles. The smallest absolute Gasteiger partial charge is 0.0744 e. The van der Waals surface area contributed by atoms with Crippen LogP contribution in [0.2, 0.25) is 0 Å². The predicted octanol–water partition coefficient (Wildman–Crippen LogP) is 5.30. The Hall–Kier alpha value is -0.0800. The number of ether oxygens (including phenoxy) is 1. The molecule has 2 N–H and O–H groups in total. The number of rotatable bonds is 14. The second kappa shape index (κ2) is 13.9. The van der Waals surface area contributed by atoms with Gasteiger partial charge in [-0.25, -0.2) is 0 Å². The molecule has 2 atom stereocenters. The Kier molecular flexibility index (Phi) is 13.8. The Bertz CT molecular complexity index is 194. The van der Waals surface area contributed by atoms with Gasteiger partial charge in [0.15, 0.2) is 0 Å². The molecule has 122 valence electrons. The summed E-state index contributed by atoms with van der Waals surface area (Å²) in [5, 5.41) is 0. The van der Waals surface area contributed by atoms with Gasteiger partial charge in [-0.05, 0) is 12.3 Å². The summed E-state index contributed by atoms with van der Waals surface area (Å²) in [6.07, 6.45) is 15.1. The van der Waals surface area contributed by atoms with Crippen molar-refractivity contribution in [3.05, 3.63) is 0 Å². The van der Waals surface area contributed by atoms with E-state index >= 15 is 0 Å². The van der Waals surface area contributed by atoms with Gasteiger partial charge in [-0.15, -0.1) is 0 Å². The van der Waals surface area contributed by atoms with Gasteiger partial charge in [0.05, 0.1) is 6.10 Å². The van der Waals surface area contributed by atoms with Gasteiger partial charge in [0, 0.05) is 13.2 Å². The highest BCUT2D eigenvalue weighted by molar-refractivity contribution is 4.75. The van der Waals surface area contributed by atoms with E-state index in [1.165, 1.54) is 64.2 Å². The number of hydrogen-bond donors (Lipinski definition) is 1. The first kappa shape index (κ1) is 19.9. The van der Waals surface area contributed by atoms with E-state index in [4.69, 9.17) is 10.5 Å². The van der Waals surface area contributed by atoms with Crippen molar-refractivity contribution >= 4 is 0 Å². The molecule has 0 saturated carbocycles. The van der Waals surface area contributed by atoms with Gasteiger partial charge in [0.2, 0.25) is 0 Å². The van der Waals surface area contributed by atoms with Crippen LogP contribution in [0.5, 0.6) is 0 Å². The molecule has 0 aliphatic rings. The van der Waals surface area contributed by atoms with Crippen LogP contribution >= 0.6 is 0 Å². The van der Waals surface area contributed by atoms with Crippen LogP contribution in [0.15, 0.2) is 0 Å². The molecule has 0 aliphatic carbocycles. The van der Waals surface area contributed by atoms with E-state index in [0.717, 1.165) is 6.42 Å². The Morgan fingerprint density at radius 3 is 1.65 bits per heavy atom. The van der Waals surface area contributed by atoms with E-state index in [1.54, 1.807) is 7.11 Å². The average Bonchev–Trinajstić information content (AvgIpc) is 2.41. The van der Waals surface area contributed by atoms with Crippen molar-refractivity contribution < 1.29 is 4.74 Å². The lowest BCUT2D eigenvalue weighted by Crippen LogP contribution is -2.39. The van der Waals surface area contributed by atoms with Crippen molar-refractivity contribution in [2.24, 2.45) is 11.7 Å². The fraction of sp³-hybridized carbons (Fsp3) is 1.00. The Balaban J connectivity index is 3.35. The number of methoxy groups -OCH3 is 1. The number of unbranched alkanes of at least 4 members (excludes halogenated alkanes) is 9. The highest BCUT2D eigenvalue weighted by atomic mass is 16.5. The molecule has 0 saturated heterocycles. The van der Waals surface area contributed by atoms with Crippen LogP contribution < -0.4 is 5.73 Å². The van der Waals surface area contributed by atoms with Crippen molar-refractivity contribution in [3.8, 4) is 0 Å². The standard InChI is InChI=1S/C18H39NO/c1-5-6-7-8-9-10-11-12-13-14-15-17(19)18(20-4)16(2)3/h16-18H,5-15,19H2,1-4H3. The Labute approximate surface area is 127 Å². The number of hydrogen-bond acceptors (Lipinski definition) is 2. The summed E-state index contributed by atoms with van der Waals surface area (Å²) in [7, 11) is 1.78. The highest BCUT2D eigenvalue weighted by Gasteiger charge is 2.19. The molecule has 0 aromatic rings. The minimum Gasteiger partial charge on any atom is -0.380 e. The fourth-order valence-electron chi connectivity index (χ4n) is 2.97. The SMILES string of the molecule is CCCCCCCCCCCCC(N)C(OC)C(C)C. The molecule has 2 heteroatoms. The van der Waals surface area contributed by atoms with Crippen LogP contribution in [0.25, 0.3) is 0 Å². The molecular weight excluding hydrogens is 246 g/mol. The molecule has 0 bridgehead atoms. The van der Waals surface area contributed by atoms with Gasteiger partial charge < -0.3 is 10.5 Å². The largest absolute Gasteiger partial charge is 0.380 e. The summed E-state index contributed by atoms with van der Waals surface area (Å²) in [5.41, 5.74) is 6.21. The Morgan fingerprint density at radius 2 is 1.25 bits per heavy atom. The van der Waals surface area contributed by atoms with Crippen molar-refractivity contribution in [1.82, 2.24) is 0 Å². The summed E-state index contributed by atoms with van der Waals surface area (Å²) in [5.74, 6) is 0.512. The zero-order chi connectivity index (χ0) is 15.2. The average molecular weight is 286 g/mol. The molecule has 0 aromatic carbocycles. The molecular formula is C18H39NO. The van der Waals surface area contributed by atoms with Crippen molar-refractivity contribution in [1.29, 1.82) is 0 Å². The topological polar surface area (TPSA) is 35.2 Å². The maximum Gasteiger partial charge on any atom is 0.0744 e. The number of nitrogens with two attached hydrogens (primary N) is 1. The quantitative estimate of drug-likeness (QED) is 0.440. The van der Waals surface area contributed by atoms with E-state index < -0.39 is 0 Å². The van der Waals surface area contributed by atoms with E-state index in [0.29, 0.717) is 5.92 Å². The molecule has 0 amide bonds. The van der Waals surface area contributed by atoms with Gasteiger partial charge in [-0.1, -0.05) is 85.0 Å². The summed E-state index contributed by atoms with van der Waals surface area (Å²) >= 11 is 0. The first-order valence-corrected chi connectivity index (χ1v) is 8.91. The molecule has 0 spiro atoms. The van der Waals surface area contributed by atoms with Crippen LogP contribution in [0, 0.1) is 5.92 Å². The van der Waals surface area contributed by atoms with Gasteiger partial charge >= 0.3 is 0 Å². The van der Waals surface area contributed by atoms with Crippen molar-refractivity contribution in [2.75, 3.05) is 7.11 Å². The van der Waals surface area contributed by atoms with Gasteiger partial charge in [-0.3, -0.25) is 0 Å². The zero-order valence-electron chi connectivity index (χ0n) is 14.5. The lowest BCUT2D eigenvalue weighted by Gasteiger charge is -2.25. The van der Waals surface area contributed by atoms with Crippen LogP contribution in [0.4, 0.5) is 0 Å². The normalized spacial score (nSPS) is 14.7. The van der Waals surface area contributed by atoms with Crippen LogP contribution in [-0.2, 0) is 4.74 Å². The second-order valence-corrected chi connectivity index (χ2v) is 6.58. The molecule has 2 unspecified atom stereocenters. The highest BCUT2D eigenvalue weighted by Crippen LogP contribution is 2.15. The minimum absolute atomic E-state index is 0.203. The maximum atomic E-state index is 6.21. The van der Waals surface area contributed by atoms with Crippen LogP contribution in [0.3, 0.4) is 0 Å². The van der Waals surface area contributed by atoms with E-state index in [9.17, 15) is 0 Å². The molecule has 0 fully saturated rings. The van der Waals surface area contributed by atoms with Gasteiger partial charge in [-0.2, -0.15) is 0 Å². The molecule has 0 aromatic heterocycles. The summed E-state index contributed by atoms with van der Waals surface area (Å²) in [6.45, 7) is 6.65. The molecule has 0 aliphatic heterocycles. The van der Waals surface area contributed by atoms with Crippen LogP contribution in [-0.4, -0.2) is 19.3 Å². The lowest BCUT2D eigenvalue weighted by molar-refractivity contribution is 0.0412. The third-order valence-corrected chi connectivity index (χ3v) is 4.24. The first-order chi connectivity index (χ1) is 9.63. The van der Waals surface area contributed by atoms with Gasteiger partial charge in [0.1, 0.15) is 0 Å². The fourth-order valence-corrected chi connectivity index (χ4v) is 2.97. The van der Waals surface area contributed by atoms with Crippen molar-refractivity contribution in [2.45, 2.75) is 104 Å². The molecule has 0 rings (SSSR count). The Morgan fingerprint density at radius 1 is 0.800 bits per heavy atom. The predicted molar refractivity (Wildman–Crippen MR) is 90.1 cm³/mol. The lowest BCUT2D eigenvalue weighted by atomic mass is 9.95. The van der Waals surface area contributed by atoms with E-state index in [-0.39, 0.29) is 12.1 Å². The molecule has 2 nitrogen and oxygen atoms in total. The van der Waals surface area contributed by atoms with Gasteiger partial charge in [0.25, 0.3) is 0 Å². The molecule has 0 radical (unpaired) electrons. The summed E-state index contributed by atoms with van der Waals surface area (Å²) in [4.78, 5) is 0. The third-order valence-electron chi connectivity index (χ3n) is 4.24. The van der Waals surface area contributed by atoms with Crippen LogP contribution in [0.1, 0.15) is 91.4 Å². The summed E-state index contributed by atoms with van der Waals surface area (Å²) in [6, 6.07) is 0.203. The maximum absolute atomic E-state index is 6.21. The van der Waals surface area contributed by atoms with E-state index in [1.807, 2.05) is 0 Å². The molecule has 20 heavy (non-hydrogen) atoms. The summed E-state index contributed by atoms with van der Waals surface area (Å²) < 4.78 is 5.49. The second-order valence-electron chi connectivity index (χ2n) is 6.58. The first-order valence-electron chi connectivity index (χ1n) is 8.91. The zero-order valence-corrected chi connectivity index (χ0v) is 14.5.